The number of carbonyl (C=O) groups is 2. The summed E-state index contributed by atoms with van der Waals surface area (Å²) in [4.78, 5) is 29.5. The molecule has 0 aliphatic carbocycles. The van der Waals surface area contributed by atoms with Crippen LogP contribution in [0.3, 0.4) is 0 Å². The Morgan fingerprint density at radius 1 is 1.09 bits per heavy atom. The van der Waals surface area contributed by atoms with E-state index in [4.69, 9.17) is 10.5 Å². The van der Waals surface area contributed by atoms with Crippen LogP contribution in [0.2, 0.25) is 0 Å². The molecule has 0 spiro atoms. The molecule has 0 saturated heterocycles. The van der Waals surface area contributed by atoms with E-state index >= 15 is 0 Å². The Kier molecular flexibility index (Phi) is 7.75. The van der Waals surface area contributed by atoms with Crippen molar-refractivity contribution < 1.29 is 18.7 Å². The summed E-state index contributed by atoms with van der Waals surface area (Å²) in [6.45, 7) is 2.20. The molecule has 0 aliphatic rings. The summed E-state index contributed by atoms with van der Waals surface area (Å²) in [6.07, 6.45) is 0.716. The number of nitrogens with two attached hydrogens (primary N) is 1. The number of ether oxygens (including phenoxy) is 1. The second-order valence-corrected chi connectivity index (χ2v) is 7.43. The van der Waals surface area contributed by atoms with E-state index in [-0.39, 0.29) is 24.9 Å². The number of rotatable bonds is 8. The van der Waals surface area contributed by atoms with Crippen molar-refractivity contribution in [3.05, 3.63) is 89.2 Å². The molecular weight excluding hydrogens is 423 g/mol. The fourth-order valence-corrected chi connectivity index (χ4v) is 2.97. The number of benzene rings is 3. The van der Waals surface area contributed by atoms with Crippen LogP contribution in [-0.4, -0.2) is 43.3 Å². The molecule has 33 heavy (non-hydrogen) atoms. The molecule has 3 aromatic rings. The third-order valence-corrected chi connectivity index (χ3v) is 4.82. The number of likely N-dealkylation sites (N-methyl/N-ethyl adjacent to an activating group) is 1. The molecule has 3 aromatic carbocycles. The van der Waals surface area contributed by atoms with Crippen LogP contribution in [0, 0.1) is 12.7 Å². The molecule has 0 saturated carbocycles. The van der Waals surface area contributed by atoms with Gasteiger partial charge in [-0.2, -0.15) is 0 Å². The average molecular weight is 448 g/mol. The number of carbonyl (C=O) groups excluding carboxylic acids is 2. The van der Waals surface area contributed by atoms with Gasteiger partial charge < -0.3 is 20.7 Å². The average Bonchev–Trinajstić information content (AvgIpc) is 2.80. The van der Waals surface area contributed by atoms with Crippen LogP contribution >= 0.6 is 0 Å². The topological polar surface area (TPSA) is 97.0 Å². The molecule has 0 aromatic heterocycles. The highest BCUT2D eigenvalue weighted by Crippen LogP contribution is 2.30. The highest BCUT2D eigenvalue weighted by molar-refractivity contribution is 5.97. The highest BCUT2D eigenvalue weighted by Gasteiger charge is 2.14. The molecule has 0 heterocycles. The number of nitrogens with zero attached hydrogens (tertiary/aromatic N) is 2. The third-order valence-electron chi connectivity index (χ3n) is 4.82. The lowest BCUT2D eigenvalue weighted by Crippen LogP contribution is -2.31. The Balaban J connectivity index is 1.87. The lowest BCUT2D eigenvalue weighted by atomic mass is 10.1. The number of primary amides is 1. The molecule has 0 fully saturated rings. The fourth-order valence-electron chi connectivity index (χ4n) is 2.97. The van der Waals surface area contributed by atoms with Crippen molar-refractivity contribution in [1.29, 1.82) is 0 Å². The van der Waals surface area contributed by atoms with E-state index < -0.39 is 6.09 Å². The van der Waals surface area contributed by atoms with Gasteiger partial charge in [0, 0.05) is 24.5 Å². The van der Waals surface area contributed by atoms with Crippen LogP contribution in [0.5, 0.6) is 0 Å². The van der Waals surface area contributed by atoms with E-state index in [1.807, 2.05) is 31.2 Å². The molecule has 8 heteroatoms. The number of aliphatic imine (C=N–C) groups is 1. The van der Waals surface area contributed by atoms with Crippen molar-refractivity contribution in [3.8, 4) is 0 Å². The minimum atomic E-state index is -0.889. The van der Waals surface area contributed by atoms with Gasteiger partial charge >= 0.3 is 6.09 Å². The van der Waals surface area contributed by atoms with Gasteiger partial charge in [0.05, 0.1) is 17.9 Å². The predicted molar refractivity (Wildman–Crippen MR) is 127 cm³/mol. The SMILES string of the molecule is Cc1ccc(Nc2ccc(C(=O)N(C)CCOC(N)=O)cc2N=Cc2ccc(F)cc2)cc1. The normalized spacial score (nSPS) is 10.8. The van der Waals surface area contributed by atoms with Gasteiger partial charge in [0.15, 0.2) is 0 Å². The van der Waals surface area contributed by atoms with Crippen molar-refractivity contribution in [2.45, 2.75) is 6.92 Å². The summed E-state index contributed by atoms with van der Waals surface area (Å²) in [5.41, 5.74) is 9.34. The van der Waals surface area contributed by atoms with Crippen LogP contribution in [0.15, 0.2) is 71.7 Å². The Hall–Kier alpha value is -4.20. The Bertz CT molecular complexity index is 1150. The van der Waals surface area contributed by atoms with Crippen molar-refractivity contribution >= 4 is 35.3 Å². The number of hydrogen-bond donors (Lipinski definition) is 2. The first kappa shape index (κ1) is 23.5. The largest absolute Gasteiger partial charge is 0.448 e. The maximum absolute atomic E-state index is 13.2. The van der Waals surface area contributed by atoms with Crippen molar-refractivity contribution in [2.75, 3.05) is 25.5 Å². The first-order chi connectivity index (χ1) is 15.8. The molecular formula is C25H25FN4O3. The van der Waals surface area contributed by atoms with Gasteiger partial charge in [-0.15, -0.1) is 0 Å². The zero-order valence-corrected chi connectivity index (χ0v) is 18.4. The second-order valence-electron chi connectivity index (χ2n) is 7.43. The van der Waals surface area contributed by atoms with Crippen molar-refractivity contribution in [1.82, 2.24) is 4.90 Å². The monoisotopic (exact) mass is 448 g/mol. The summed E-state index contributed by atoms with van der Waals surface area (Å²) >= 11 is 0. The summed E-state index contributed by atoms with van der Waals surface area (Å²) in [5.74, 6) is -0.590. The molecule has 170 valence electrons. The molecule has 7 nitrogen and oxygen atoms in total. The second kappa shape index (κ2) is 10.9. The van der Waals surface area contributed by atoms with Gasteiger partial charge in [0.2, 0.25) is 0 Å². The van der Waals surface area contributed by atoms with Crippen LogP contribution in [0.25, 0.3) is 0 Å². The highest BCUT2D eigenvalue weighted by atomic mass is 19.1. The summed E-state index contributed by atoms with van der Waals surface area (Å²) in [6, 6.07) is 19.0. The summed E-state index contributed by atoms with van der Waals surface area (Å²) in [5, 5.41) is 3.32. The predicted octanol–water partition coefficient (Wildman–Crippen LogP) is 4.80. The number of halogens is 1. The summed E-state index contributed by atoms with van der Waals surface area (Å²) in [7, 11) is 1.60. The van der Waals surface area contributed by atoms with Crippen molar-refractivity contribution in [2.24, 2.45) is 10.7 Å². The molecule has 0 atom stereocenters. The fraction of sp³-hybridized carbons (Fsp3) is 0.160. The number of anilines is 2. The van der Waals surface area contributed by atoms with E-state index in [1.54, 1.807) is 43.6 Å². The van der Waals surface area contributed by atoms with E-state index in [0.29, 0.717) is 16.9 Å². The quantitative estimate of drug-likeness (QED) is 0.484. The number of nitrogens with one attached hydrogen (secondary N) is 1. The lowest BCUT2D eigenvalue weighted by Gasteiger charge is -2.18. The Morgan fingerprint density at radius 3 is 2.45 bits per heavy atom. The standard InChI is InChI=1S/C25H25FN4O3/c1-17-3-10-21(11-4-17)29-22-12-7-19(24(31)30(2)13-14-33-25(27)32)15-23(22)28-16-18-5-8-20(26)9-6-18/h3-12,15-16,29H,13-14H2,1-2H3,(H2,27,32). The Morgan fingerprint density at radius 2 is 1.79 bits per heavy atom. The minimum Gasteiger partial charge on any atom is -0.448 e. The van der Waals surface area contributed by atoms with Gasteiger partial charge in [0.25, 0.3) is 5.91 Å². The zero-order chi connectivity index (χ0) is 23.8. The first-order valence-electron chi connectivity index (χ1n) is 10.3. The van der Waals surface area contributed by atoms with Crippen LogP contribution in [0.1, 0.15) is 21.5 Å². The van der Waals surface area contributed by atoms with E-state index in [1.165, 1.54) is 17.0 Å². The lowest BCUT2D eigenvalue weighted by molar-refractivity contribution is 0.0750. The minimum absolute atomic E-state index is 0.000211. The molecule has 2 amide bonds. The molecule has 0 aliphatic heterocycles. The molecule has 3 rings (SSSR count). The Labute approximate surface area is 191 Å². The molecule has 3 N–H and O–H groups in total. The van der Waals surface area contributed by atoms with Crippen LogP contribution in [0.4, 0.5) is 26.2 Å². The van der Waals surface area contributed by atoms with E-state index in [2.05, 4.69) is 10.3 Å². The maximum Gasteiger partial charge on any atom is 0.404 e. The van der Waals surface area contributed by atoms with Gasteiger partial charge in [0.1, 0.15) is 12.4 Å². The third kappa shape index (κ3) is 6.90. The maximum atomic E-state index is 13.2. The van der Waals surface area contributed by atoms with Gasteiger partial charge in [-0.05, 0) is 55.0 Å². The number of hydrogen-bond acceptors (Lipinski definition) is 5. The summed E-state index contributed by atoms with van der Waals surface area (Å²) < 4.78 is 17.9. The first-order valence-corrected chi connectivity index (χ1v) is 10.3. The van der Waals surface area contributed by atoms with Crippen LogP contribution in [-0.2, 0) is 4.74 Å². The zero-order valence-electron chi connectivity index (χ0n) is 18.4. The number of aryl methyl sites for hydroxylation is 1. The molecule has 0 unspecified atom stereocenters. The molecule has 0 bridgehead atoms. The van der Waals surface area contributed by atoms with Gasteiger partial charge in [-0.3, -0.25) is 9.79 Å². The van der Waals surface area contributed by atoms with Crippen molar-refractivity contribution in [3.63, 3.8) is 0 Å². The van der Waals surface area contributed by atoms with Crippen LogP contribution < -0.4 is 11.1 Å². The smallest absolute Gasteiger partial charge is 0.404 e. The van der Waals surface area contributed by atoms with Gasteiger partial charge in [-0.25, -0.2) is 9.18 Å². The number of amides is 2. The molecule has 0 radical (unpaired) electrons. The van der Waals surface area contributed by atoms with E-state index in [0.717, 1.165) is 16.8 Å². The van der Waals surface area contributed by atoms with E-state index in [9.17, 15) is 14.0 Å². The van der Waals surface area contributed by atoms with Gasteiger partial charge in [-0.1, -0.05) is 29.8 Å².